The van der Waals surface area contributed by atoms with Gasteiger partial charge in [0.25, 0.3) is 0 Å². The van der Waals surface area contributed by atoms with E-state index >= 15 is 0 Å². The molecule has 7 heteroatoms. The molecule has 2 aromatic rings. The molecule has 1 aromatic carbocycles. The van der Waals surface area contributed by atoms with Gasteiger partial charge in [-0.25, -0.2) is 9.78 Å². The van der Waals surface area contributed by atoms with Gasteiger partial charge in [-0.2, -0.15) is 0 Å². The summed E-state index contributed by atoms with van der Waals surface area (Å²) in [5.41, 5.74) is 0.881. The first-order valence-electron chi connectivity index (χ1n) is 7.32. The van der Waals surface area contributed by atoms with E-state index in [0.29, 0.717) is 12.4 Å². The maximum absolute atomic E-state index is 12.3. The number of benzene rings is 1. The molecule has 1 aliphatic rings. The van der Waals surface area contributed by atoms with Crippen LogP contribution in [0.1, 0.15) is 11.4 Å². The Morgan fingerprint density at radius 1 is 1.26 bits per heavy atom. The SMILES string of the molecule is O=C(O)C1CN(C(=O)OCc2ccccc2)Cc2nccn2C1. The van der Waals surface area contributed by atoms with E-state index in [2.05, 4.69) is 4.98 Å². The van der Waals surface area contributed by atoms with E-state index in [-0.39, 0.29) is 19.7 Å². The molecule has 0 aliphatic carbocycles. The van der Waals surface area contributed by atoms with E-state index in [1.165, 1.54) is 4.90 Å². The lowest BCUT2D eigenvalue weighted by molar-refractivity contribution is -0.142. The Kier molecular flexibility index (Phi) is 4.27. The molecule has 23 heavy (non-hydrogen) atoms. The standard InChI is InChI=1S/C16H17N3O4/c20-15(21)13-8-18-7-6-17-14(18)10-19(9-13)16(22)23-11-12-4-2-1-3-5-12/h1-7,13H,8-11H2,(H,20,21). The minimum absolute atomic E-state index is 0.103. The van der Waals surface area contributed by atoms with Gasteiger partial charge in [0.2, 0.25) is 0 Å². The second kappa shape index (κ2) is 6.51. The number of aliphatic carboxylic acids is 1. The number of ether oxygens (including phenoxy) is 1. The molecule has 0 bridgehead atoms. The Bertz CT molecular complexity index is 698. The lowest BCUT2D eigenvalue weighted by Gasteiger charge is -2.21. The normalized spacial score (nSPS) is 17.2. The van der Waals surface area contributed by atoms with Crippen LogP contribution in [0.5, 0.6) is 0 Å². The van der Waals surface area contributed by atoms with Crippen molar-refractivity contribution in [1.29, 1.82) is 0 Å². The summed E-state index contributed by atoms with van der Waals surface area (Å²) >= 11 is 0. The van der Waals surface area contributed by atoms with Crippen LogP contribution in [0.3, 0.4) is 0 Å². The van der Waals surface area contributed by atoms with Crippen LogP contribution in [0.15, 0.2) is 42.7 Å². The second-order valence-corrected chi connectivity index (χ2v) is 5.45. The third-order valence-electron chi connectivity index (χ3n) is 3.80. The first kappa shape index (κ1) is 15.1. The summed E-state index contributed by atoms with van der Waals surface area (Å²) in [6.45, 7) is 0.798. The van der Waals surface area contributed by atoms with Gasteiger partial charge < -0.3 is 14.4 Å². The number of aromatic nitrogens is 2. The van der Waals surface area contributed by atoms with Crippen molar-refractivity contribution in [2.75, 3.05) is 6.54 Å². The van der Waals surface area contributed by atoms with Crippen LogP contribution >= 0.6 is 0 Å². The van der Waals surface area contributed by atoms with Crippen LogP contribution < -0.4 is 0 Å². The molecule has 1 unspecified atom stereocenters. The highest BCUT2D eigenvalue weighted by molar-refractivity contribution is 5.73. The zero-order valence-corrected chi connectivity index (χ0v) is 12.5. The lowest BCUT2D eigenvalue weighted by atomic mass is 10.1. The number of carboxylic acids is 1. The molecule has 0 radical (unpaired) electrons. The van der Waals surface area contributed by atoms with Crippen molar-refractivity contribution in [2.24, 2.45) is 5.92 Å². The van der Waals surface area contributed by atoms with E-state index in [1.54, 1.807) is 17.0 Å². The van der Waals surface area contributed by atoms with Gasteiger partial charge in [0.1, 0.15) is 12.4 Å². The molecule has 0 spiro atoms. The summed E-state index contributed by atoms with van der Waals surface area (Å²) in [4.78, 5) is 29.2. The molecule has 1 N–H and O–H groups in total. The number of carbonyl (C=O) groups excluding carboxylic acids is 1. The van der Waals surface area contributed by atoms with E-state index in [9.17, 15) is 14.7 Å². The Morgan fingerprint density at radius 2 is 2.04 bits per heavy atom. The van der Waals surface area contributed by atoms with Crippen molar-refractivity contribution in [3.63, 3.8) is 0 Å². The van der Waals surface area contributed by atoms with Gasteiger partial charge in [-0.1, -0.05) is 30.3 Å². The van der Waals surface area contributed by atoms with Gasteiger partial charge in [-0.15, -0.1) is 0 Å². The van der Waals surface area contributed by atoms with Crippen LogP contribution in [-0.2, 0) is 29.2 Å². The molecule has 1 atom stereocenters. The average molecular weight is 315 g/mol. The third-order valence-corrected chi connectivity index (χ3v) is 3.80. The molecule has 7 nitrogen and oxygen atoms in total. The predicted molar refractivity (Wildman–Crippen MR) is 80.4 cm³/mol. The van der Waals surface area contributed by atoms with E-state index < -0.39 is 18.0 Å². The molecule has 0 saturated carbocycles. The summed E-state index contributed by atoms with van der Waals surface area (Å²) < 4.78 is 7.07. The molecule has 0 fully saturated rings. The molecule has 1 aromatic heterocycles. The van der Waals surface area contributed by atoms with Crippen molar-refractivity contribution < 1.29 is 19.4 Å². The minimum Gasteiger partial charge on any atom is -0.481 e. The first-order valence-corrected chi connectivity index (χ1v) is 7.32. The molecule has 1 amide bonds. The summed E-state index contributed by atoms with van der Waals surface area (Å²) in [6.07, 6.45) is 2.80. The third kappa shape index (κ3) is 3.50. The fraction of sp³-hybridized carbons (Fsp3) is 0.312. The Morgan fingerprint density at radius 3 is 2.78 bits per heavy atom. The molecule has 0 saturated heterocycles. The van der Waals surface area contributed by atoms with Crippen LogP contribution in [0.4, 0.5) is 4.79 Å². The van der Waals surface area contributed by atoms with Gasteiger partial charge in [0.15, 0.2) is 0 Å². The Balaban J connectivity index is 1.70. The highest BCUT2D eigenvalue weighted by Gasteiger charge is 2.30. The molecule has 2 heterocycles. The average Bonchev–Trinajstić information content (AvgIpc) is 2.90. The van der Waals surface area contributed by atoms with Crippen LogP contribution in [0.2, 0.25) is 0 Å². The lowest BCUT2D eigenvalue weighted by Crippen LogP contribution is -2.36. The van der Waals surface area contributed by atoms with Gasteiger partial charge >= 0.3 is 12.1 Å². The minimum atomic E-state index is -0.938. The number of amides is 1. The number of carbonyl (C=O) groups is 2. The van der Waals surface area contributed by atoms with Gasteiger partial charge in [-0.3, -0.25) is 9.69 Å². The van der Waals surface area contributed by atoms with Crippen molar-refractivity contribution in [2.45, 2.75) is 19.7 Å². The molecular formula is C16H17N3O4. The molecule has 120 valence electrons. The maximum atomic E-state index is 12.3. The fourth-order valence-electron chi connectivity index (χ4n) is 2.56. The zero-order chi connectivity index (χ0) is 16.2. The highest BCUT2D eigenvalue weighted by Crippen LogP contribution is 2.17. The van der Waals surface area contributed by atoms with Gasteiger partial charge in [0.05, 0.1) is 12.5 Å². The summed E-state index contributed by atoms with van der Waals surface area (Å²) in [5.74, 6) is -0.965. The van der Waals surface area contributed by atoms with Crippen molar-refractivity contribution >= 4 is 12.1 Å². The van der Waals surface area contributed by atoms with Gasteiger partial charge in [0, 0.05) is 25.5 Å². The number of nitrogens with zero attached hydrogens (tertiary/aromatic N) is 3. The van der Waals surface area contributed by atoms with E-state index in [1.807, 2.05) is 30.3 Å². The van der Waals surface area contributed by atoms with E-state index in [0.717, 1.165) is 5.56 Å². The number of hydrogen-bond acceptors (Lipinski definition) is 4. The quantitative estimate of drug-likeness (QED) is 0.932. The number of hydrogen-bond donors (Lipinski definition) is 1. The number of carboxylic acid groups (broad SMARTS) is 1. The number of imidazole rings is 1. The van der Waals surface area contributed by atoms with E-state index in [4.69, 9.17) is 4.74 Å². The monoisotopic (exact) mass is 315 g/mol. The number of fused-ring (bicyclic) bond motifs is 1. The highest BCUT2D eigenvalue weighted by atomic mass is 16.6. The summed E-state index contributed by atoms with van der Waals surface area (Å²) in [5, 5.41) is 9.32. The van der Waals surface area contributed by atoms with Crippen molar-refractivity contribution in [3.05, 3.63) is 54.1 Å². The fourth-order valence-corrected chi connectivity index (χ4v) is 2.56. The Labute approximate surface area is 133 Å². The molecule has 1 aliphatic heterocycles. The maximum Gasteiger partial charge on any atom is 0.410 e. The second-order valence-electron chi connectivity index (χ2n) is 5.45. The summed E-state index contributed by atoms with van der Waals surface area (Å²) in [7, 11) is 0. The predicted octanol–water partition coefficient (Wildman–Crippen LogP) is 1.74. The summed E-state index contributed by atoms with van der Waals surface area (Å²) in [6, 6.07) is 9.35. The Hall–Kier alpha value is -2.83. The van der Waals surface area contributed by atoms with Gasteiger partial charge in [-0.05, 0) is 5.56 Å². The molecule has 3 rings (SSSR count). The first-order chi connectivity index (χ1) is 11.1. The van der Waals surface area contributed by atoms with Crippen LogP contribution in [0.25, 0.3) is 0 Å². The molecular weight excluding hydrogens is 298 g/mol. The number of rotatable bonds is 3. The van der Waals surface area contributed by atoms with Crippen molar-refractivity contribution in [1.82, 2.24) is 14.5 Å². The van der Waals surface area contributed by atoms with Crippen molar-refractivity contribution in [3.8, 4) is 0 Å². The zero-order valence-electron chi connectivity index (χ0n) is 12.5. The van der Waals surface area contributed by atoms with Crippen LogP contribution in [0, 0.1) is 5.92 Å². The topological polar surface area (TPSA) is 84.7 Å². The largest absolute Gasteiger partial charge is 0.481 e. The van der Waals surface area contributed by atoms with Crippen LogP contribution in [-0.4, -0.2) is 38.2 Å². The smallest absolute Gasteiger partial charge is 0.410 e.